The van der Waals surface area contributed by atoms with Crippen LogP contribution >= 0.6 is 15.9 Å². The summed E-state index contributed by atoms with van der Waals surface area (Å²) in [6.07, 6.45) is 0. The molecule has 6 heteroatoms. The molecule has 5 nitrogen and oxygen atoms in total. The molecule has 0 radical (unpaired) electrons. The summed E-state index contributed by atoms with van der Waals surface area (Å²) in [7, 11) is 0. The van der Waals surface area contributed by atoms with Gasteiger partial charge in [-0.2, -0.15) is 4.98 Å². The van der Waals surface area contributed by atoms with E-state index in [-0.39, 0.29) is 12.4 Å². The highest BCUT2D eigenvalue weighted by molar-refractivity contribution is 9.10. The first-order chi connectivity index (χ1) is 8.56. The maximum atomic E-state index is 11.5. The van der Waals surface area contributed by atoms with Crippen LogP contribution in [0, 0.1) is 6.92 Å². The molecular weight excluding hydrogens is 300 g/mol. The quantitative estimate of drug-likeness (QED) is 0.812. The van der Waals surface area contributed by atoms with Crippen molar-refractivity contribution < 1.29 is 14.1 Å². The molecule has 18 heavy (non-hydrogen) atoms. The van der Waals surface area contributed by atoms with Gasteiger partial charge in [-0.15, -0.1) is 0 Å². The molecule has 0 spiro atoms. The van der Waals surface area contributed by atoms with Crippen molar-refractivity contribution in [3.05, 3.63) is 40.0 Å². The Bertz CT molecular complexity index is 580. The maximum Gasteiger partial charge on any atom is 0.264 e. The van der Waals surface area contributed by atoms with Crippen LogP contribution in [-0.4, -0.2) is 15.9 Å². The Morgan fingerprint density at radius 1 is 1.50 bits per heavy atom. The van der Waals surface area contributed by atoms with E-state index >= 15 is 0 Å². The monoisotopic (exact) mass is 310 g/mol. The third-order valence-electron chi connectivity index (χ3n) is 2.24. The number of rotatable bonds is 4. The fraction of sp³-hybridized carbons (Fsp3) is 0.250. The Morgan fingerprint density at radius 2 is 2.28 bits per heavy atom. The summed E-state index contributed by atoms with van der Waals surface area (Å²) in [5, 5.41) is 3.66. The highest BCUT2D eigenvalue weighted by atomic mass is 79.9. The fourth-order valence-corrected chi connectivity index (χ4v) is 1.80. The summed E-state index contributed by atoms with van der Waals surface area (Å²) >= 11 is 3.32. The Kier molecular flexibility index (Phi) is 3.76. The molecule has 0 N–H and O–H groups in total. The molecule has 1 heterocycles. The largest absolute Gasteiger partial charge is 0.483 e. The number of hydrogen-bond acceptors (Lipinski definition) is 5. The third-order valence-corrected chi connectivity index (χ3v) is 2.73. The second-order valence-corrected chi connectivity index (χ2v) is 4.64. The number of carbonyl (C=O) groups excluding carboxylic acids is 1. The number of nitrogens with zero attached hydrogens (tertiary/aromatic N) is 2. The van der Waals surface area contributed by atoms with Crippen LogP contribution < -0.4 is 4.74 Å². The summed E-state index contributed by atoms with van der Waals surface area (Å²) in [6.45, 7) is 3.36. The zero-order valence-electron chi connectivity index (χ0n) is 9.94. The average Bonchev–Trinajstić information content (AvgIpc) is 2.73. The van der Waals surface area contributed by atoms with E-state index in [0.717, 1.165) is 4.47 Å². The minimum Gasteiger partial charge on any atom is -0.483 e. The molecule has 0 aliphatic carbocycles. The van der Waals surface area contributed by atoms with Gasteiger partial charge in [0.25, 0.3) is 5.89 Å². The van der Waals surface area contributed by atoms with Gasteiger partial charge in [0.1, 0.15) is 5.75 Å². The van der Waals surface area contributed by atoms with Gasteiger partial charge in [-0.25, -0.2) is 0 Å². The molecular formula is C12H11BrN2O3. The highest BCUT2D eigenvalue weighted by Crippen LogP contribution is 2.24. The topological polar surface area (TPSA) is 65.2 Å². The van der Waals surface area contributed by atoms with Gasteiger partial charge in [-0.3, -0.25) is 4.79 Å². The van der Waals surface area contributed by atoms with Crippen LogP contribution in [0.4, 0.5) is 0 Å². The molecule has 0 aliphatic rings. The van der Waals surface area contributed by atoms with Crippen molar-refractivity contribution in [1.82, 2.24) is 10.1 Å². The van der Waals surface area contributed by atoms with Crippen molar-refractivity contribution in [1.29, 1.82) is 0 Å². The van der Waals surface area contributed by atoms with Gasteiger partial charge in [0.05, 0.1) is 5.56 Å². The molecule has 0 bridgehead atoms. The van der Waals surface area contributed by atoms with E-state index in [9.17, 15) is 4.79 Å². The van der Waals surface area contributed by atoms with E-state index in [2.05, 4.69) is 26.1 Å². The SMILES string of the molecule is CC(=O)c1cc(Br)ccc1OCc1nc(C)no1. The number of halogens is 1. The summed E-state index contributed by atoms with van der Waals surface area (Å²) < 4.78 is 11.3. The lowest BCUT2D eigenvalue weighted by molar-refractivity contribution is 0.101. The van der Waals surface area contributed by atoms with Crippen molar-refractivity contribution in [3.63, 3.8) is 0 Å². The first-order valence-electron chi connectivity index (χ1n) is 5.29. The van der Waals surface area contributed by atoms with Crippen molar-refractivity contribution >= 4 is 21.7 Å². The second-order valence-electron chi connectivity index (χ2n) is 3.72. The number of carbonyl (C=O) groups is 1. The Balaban J connectivity index is 2.16. The van der Waals surface area contributed by atoms with Gasteiger partial charge < -0.3 is 9.26 Å². The van der Waals surface area contributed by atoms with Crippen LogP contribution in [0.3, 0.4) is 0 Å². The molecule has 1 aromatic carbocycles. The van der Waals surface area contributed by atoms with Crippen LogP contribution in [-0.2, 0) is 6.61 Å². The molecule has 1 aromatic heterocycles. The van der Waals surface area contributed by atoms with Gasteiger partial charge >= 0.3 is 0 Å². The lowest BCUT2D eigenvalue weighted by atomic mass is 10.1. The number of hydrogen-bond donors (Lipinski definition) is 0. The number of benzene rings is 1. The van der Waals surface area contributed by atoms with Gasteiger partial charge in [0.15, 0.2) is 18.2 Å². The van der Waals surface area contributed by atoms with E-state index in [4.69, 9.17) is 9.26 Å². The molecule has 0 fully saturated rings. The molecule has 0 saturated heterocycles. The molecule has 2 aromatic rings. The lowest BCUT2D eigenvalue weighted by Crippen LogP contribution is -2.02. The van der Waals surface area contributed by atoms with E-state index in [1.165, 1.54) is 6.92 Å². The van der Waals surface area contributed by atoms with Crippen molar-refractivity contribution in [3.8, 4) is 5.75 Å². The predicted molar refractivity (Wildman–Crippen MR) is 67.5 cm³/mol. The minimum atomic E-state index is -0.0620. The Hall–Kier alpha value is -1.69. The molecule has 0 atom stereocenters. The van der Waals surface area contributed by atoms with Crippen LogP contribution in [0.1, 0.15) is 29.0 Å². The normalized spacial score (nSPS) is 10.4. The smallest absolute Gasteiger partial charge is 0.264 e. The number of ether oxygens (including phenoxy) is 1. The summed E-state index contributed by atoms with van der Waals surface area (Å²) in [5.74, 6) is 1.37. The zero-order chi connectivity index (χ0) is 13.1. The number of Topliss-reactive ketones (excluding diaryl/α,β-unsaturated/α-hetero) is 1. The zero-order valence-corrected chi connectivity index (χ0v) is 11.5. The average molecular weight is 311 g/mol. The maximum absolute atomic E-state index is 11.5. The number of aromatic nitrogens is 2. The minimum absolute atomic E-state index is 0.0620. The van der Waals surface area contributed by atoms with Gasteiger partial charge in [0, 0.05) is 4.47 Å². The van der Waals surface area contributed by atoms with Crippen molar-refractivity contribution in [2.24, 2.45) is 0 Å². The van der Waals surface area contributed by atoms with E-state index in [0.29, 0.717) is 23.0 Å². The number of aryl methyl sites for hydroxylation is 1. The van der Waals surface area contributed by atoms with Crippen LogP contribution in [0.15, 0.2) is 27.2 Å². The molecule has 0 saturated carbocycles. The molecule has 94 valence electrons. The van der Waals surface area contributed by atoms with Gasteiger partial charge in [-0.05, 0) is 32.0 Å². The summed E-state index contributed by atoms with van der Waals surface area (Å²) in [5.41, 5.74) is 0.514. The van der Waals surface area contributed by atoms with Gasteiger partial charge in [-0.1, -0.05) is 21.1 Å². The Morgan fingerprint density at radius 3 is 2.89 bits per heavy atom. The fourth-order valence-electron chi connectivity index (χ4n) is 1.44. The van der Waals surface area contributed by atoms with Crippen molar-refractivity contribution in [2.45, 2.75) is 20.5 Å². The number of ketones is 1. The standard InChI is InChI=1S/C12H11BrN2O3/c1-7(16)10-5-9(13)3-4-11(10)17-6-12-14-8(2)15-18-12/h3-5H,6H2,1-2H3. The second kappa shape index (κ2) is 5.30. The molecule has 0 amide bonds. The van der Waals surface area contributed by atoms with Crippen LogP contribution in [0.2, 0.25) is 0 Å². The van der Waals surface area contributed by atoms with Crippen LogP contribution in [0.25, 0.3) is 0 Å². The molecule has 0 aliphatic heterocycles. The third kappa shape index (κ3) is 2.95. The van der Waals surface area contributed by atoms with Crippen LogP contribution in [0.5, 0.6) is 5.75 Å². The van der Waals surface area contributed by atoms with E-state index < -0.39 is 0 Å². The molecule has 0 unspecified atom stereocenters. The van der Waals surface area contributed by atoms with E-state index in [1.807, 2.05) is 0 Å². The van der Waals surface area contributed by atoms with Gasteiger partial charge in [0.2, 0.25) is 0 Å². The first kappa shape index (κ1) is 12.8. The highest BCUT2D eigenvalue weighted by Gasteiger charge is 2.11. The predicted octanol–water partition coefficient (Wildman–Crippen LogP) is 2.92. The summed E-state index contributed by atoms with van der Waals surface area (Å²) in [4.78, 5) is 15.5. The molecule has 2 rings (SSSR count). The lowest BCUT2D eigenvalue weighted by Gasteiger charge is -2.08. The Labute approximate surface area is 112 Å². The van der Waals surface area contributed by atoms with E-state index in [1.54, 1.807) is 25.1 Å². The first-order valence-corrected chi connectivity index (χ1v) is 6.08. The summed E-state index contributed by atoms with van der Waals surface area (Å²) in [6, 6.07) is 5.25. The van der Waals surface area contributed by atoms with Crippen molar-refractivity contribution in [2.75, 3.05) is 0 Å².